The molecule has 1 rings (SSSR count). The highest BCUT2D eigenvalue weighted by molar-refractivity contribution is 6.74. The van der Waals surface area contributed by atoms with Crippen molar-refractivity contribution in [2.24, 2.45) is 0 Å². The number of hydrogen-bond acceptors (Lipinski definition) is 3. The highest BCUT2D eigenvalue weighted by atomic mass is 35.5. The summed E-state index contributed by atoms with van der Waals surface area (Å²) in [5, 5.41) is 20.7. The van der Waals surface area contributed by atoms with Crippen molar-refractivity contribution >= 4 is 25.9 Å². The number of aromatic nitrogens is 1. The summed E-state index contributed by atoms with van der Waals surface area (Å²) in [5.74, 6) is -1.16. The van der Waals surface area contributed by atoms with E-state index in [0.29, 0.717) is 4.73 Å². The first-order valence-electron chi connectivity index (χ1n) is 6.24. The molecule has 0 amide bonds. The maximum atomic E-state index is 11.8. The normalized spacial score (nSPS) is 12.5. The summed E-state index contributed by atoms with van der Waals surface area (Å²) >= 11 is 5.73. The topological polar surface area (TPSA) is 73.5 Å². The lowest BCUT2D eigenvalue weighted by atomic mass is 10.2. The van der Waals surface area contributed by atoms with Crippen LogP contribution in [0.3, 0.4) is 0 Å². The van der Waals surface area contributed by atoms with Crippen molar-refractivity contribution in [3.63, 3.8) is 0 Å². The van der Waals surface area contributed by atoms with E-state index < -0.39 is 14.3 Å². The Morgan fingerprint density at radius 2 is 2.05 bits per heavy atom. The van der Waals surface area contributed by atoms with Crippen molar-refractivity contribution in [2.45, 2.75) is 45.5 Å². The monoisotopic (exact) mass is 317 g/mol. The van der Waals surface area contributed by atoms with Gasteiger partial charge in [-0.3, -0.25) is 0 Å². The Morgan fingerprint density at radius 3 is 2.50 bits per heavy atom. The first-order chi connectivity index (χ1) is 8.95. The van der Waals surface area contributed by atoms with Gasteiger partial charge in [0.15, 0.2) is 14.5 Å². The summed E-state index contributed by atoms with van der Waals surface area (Å²) in [6.45, 7) is 10.5. The van der Waals surface area contributed by atoms with E-state index in [1.54, 1.807) is 0 Å². The molecule has 1 heterocycles. The van der Waals surface area contributed by atoms with Crippen LogP contribution in [0.4, 0.5) is 0 Å². The molecule has 5 nitrogen and oxygen atoms in total. The SMILES string of the molecule is CC(C)(C)[Si](C)(C)OCc1cc(C(=O)O)c(Cl)c[n+]1[O-]. The van der Waals surface area contributed by atoms with Crippen molar-refractivity contribution in [3.8, 4) is 0 Å². The van der Waals surface area contributed by atoms with E-state index in [1.165, 1.54) is 6.07 Å². The zero-order chi connectivity index (χ0) is 15.7. The zero-order valence-electron chi connectivity index (χ0n) is 12.4. The van der Waals surface area contributed by atoms with E-state index in [9.17, 15) is 10.0 Å². The maximum absolute atomic E-state index is 11.8. The molecule has 7 heteroatoms. The first-order valence-corrected chi connectivity index (χ1v) is 9.53. The quantitative estimate of drug-likeness (QED) is 0.526. The number of nitrogens with zero attached hydrogens (tertiary/aromatic N) is 1. The largest absolute Gasteiger partial charge is 0.618 e. The molecule has 0 spiro atoms. The van der Waals surface area contributed by atoms with Crippen molar-refractivity contribution < 1.29 is 19.1 Å². The predicted octanol–water partition coefficient (Wildman–Crippen LogP) is 3.19. The molecule has 0 saturated carbocycles. The van der Waals surface area contributed by atoms with E-state index >= 15 is 0 Å². The number of carboxylic acid groups (broad SMARTS) is 1. The van der Waals surface area contributed by atoms with Gasteiger partial charge in [0.25, 0.3) is 0 Å². The molecule has 1 aromatic heterocycles. The van der Waals surface area contributed by atoms with Crippen LogP contribution >= 0.6 is 11.6 Å². The Labute approximate surface area is 124 Å². The minimum atomic E-state index is -2.00. The van der Waals surface area contributed by atoms with Crippen LogP contribution in [-0.2, 0) is 11.0 Å². The van der Waals surface area contributed by atoms with Gasteiger partial charge < -0.3 is 14.7 Å². The second kappa shape index (κ2) is 5.71. The Kier molecular flexibility index (Phi) is 4.84. The number of aromatic carboxylic acids is 1. The van der Waals surface area contributed by atoms with Gasteiger partial charge in [0, 0.05) is 6.07 Å². The molecule has 0 saturated heterocycles. The minimum absolute atomic E-state index is 0.0166. The lowest BCUT2D eigenvalue weighted by Crippen LogP contribution is -2.42. The molecule has 0 unspecified atom stereocenters. The lowest BCUT2D eigenvalue weighted by molar-refractivity contribution is -0.616. The van der Waals surface area contributed by atoms with Gasteiger partial charge in [0.05, 0.1) is 5.56 Å². The maximum Gasteiger partial charge on any atom is 0.337 e. The van der Waals surface area contributed by atoms with Crippen LogP contribution in [0.2, 0.25) is 23.2 Å². The molecule has 1 N–H and O–H groups in total. The summed E-state index contributed by atoms with van der Waals surface area (Å²) in [4.78, 5) is 11.0. The summed E-state index contributed by atoms with van der Waals surface area (Å²) in [7, 11) is -2.00. The van der Waals surface area contributed by atoms with Gasteiger partial charge in [0.1, 0.15) is 11.6 Å². The van der Waals surface area contributed by atoms with E-state index in [0.717, 1.165) is 6.20 Å². The van der Waals surface area contributed by atoms with E-state index in [4.69, 9.17) is 21.1 Å². The molecule has 0 aromatic carbocycles. The summed E-state index contributed by atoms with van der Waals surface area (Å²) in [5.41, 5.74) is 0.157. The highest BCUT2D eigenvalue weighted by Gasteiger charge is 2.37. The third-order valence-corrected chi connectivity index (χ3v) is 8.48. The number of carboxylic acids is 1. The number of hydrogen-bond donors (Lipinski definition) is 1. The van der Waals surface area contributed by atoms with Crippen LogP contribution in [0.15, 0.2) is 12.3 Å². The molecule has 0 aliphatic rings. The van der Waals surface area contributed by atoms with Crippen LogP contribution in [0.5, 0.6) is 0 Å². The van der Waals surface area contributed by atoms with Gasteiger partial charge in [0.2, 0.25) is 5.69 Å². The molecule has 0 aliphatic heterocycles. The Balaban J connectivity index is 3.00. The number of pyridine rings is 1. The van der Waals surface area contributed by atoms with Gasteiger partial charge in [-0.05, 0) is 18.1 Å². The average Bonchev–Trinajstić information content (AvgIpc) is 2.25. The van der Waals surface area contributed by atoms with Crippen LogP contribution < -0.4 is 4.73 Å². The fourth-order valence-electron chi connectivity index (χ4n) is 1.29. The average molecular weight is 318 g/mol. The summed E-state index contributed by atoms with van der Waals surface area (Å²) in [6.07, 6.45) is 1.05. The molecule has 1 aromatic rings. The molecule has 0 aliphatic carbocycles. The molecular weight excluding hydrogens is 298 g/mol. The summed E-state index contributed by atoms with van der Waals surface area (Å²) in [6, 6.07) is 1.27. The van der Waals surface area contributed by atoms with Crippen molar-refractivity contribution in [3.05, 3.63) is 33.8 Å². The van der Waals surface area contributed by atoms with Gasteiger partial charge in [-0.2, -0.15) is 4.73 Å². The number of rotatable bonds is 4. The van der Waals surface area contributed by atoms with Crippen molar-refractivity contribution in [1.29, 1.82) is 0 Å². The fraction of sp³-hybridized carbons (Fsp3) is 0.538. The first kappa shape index (κ1) is 16.9. The molecule has 0 fully saturated rings. The van der Waals surface area contributed by atoms with Crippen molar-refractivity contribution in [1.82, 2.24) is 0 Å². The Hall–Kier alpha value is -1.11. The molecular formula is C13H20ClNO4Si. The van der Waals surface area contributed by atoms with Gasteiger partial charge >= 0.3 is 5.97 Å². The smallest absolute Gasteiger partial charge is 0.337 e. The van der Waals surface area contributed by atoms with E-state index in [-0.39, 0.29) is 27.9 Å². The van der Waals surface area contributed by atoms with E-state index in [2.05, 4.69) is 33.9 Å². The van der Waals surface area contributed by atoms with Gasteiger partial charge in [-0.15, -0.1) is 0 Å². The van der Waals surface area contributed by atoms with Crippen LogP contribution in [0.1, 0.15) is 36.8 Å². The second-order valence-corrected chi connectivity index (χ2v) is 11.4. The highest BCUT2D eigenvalue weighted by Crippen LogP contribution is 2.36. The third kappa shape index (κ3) is 3.71. The van der Waals surface area contributed by atoms with Crippen LogP contribution in [0.25, 0.3) is 0 Å². The summed E-state index contributed by atoms with van der Waals surface area (Å²) < 4.78 is 6.47. The van der Waals surface area contributed by atoms with Crippen LogP contribution in [0, 0.1) is 5.21 Å². The third-order valence-electron chi connectivity index (χ3n) is 3.70. The molecule has 0 radical (unpaired) electrons. The molecule has 0 bridgehead atoms. The Bertz CT molecular complexity index is 526. The second-order valence-electron chi connectivity index (χ2n) is 6.21. The number of carbonyl (C=O) groups is 1. The Morgan fingerprint density at radius 1 is 1.50 bits per heavy atom. The number of halogens is 1. The fourth-order valence-corrected chi connectivity index (χ4v) is 2.46. The standard InChI is InChI=1S/C13H20ClNO4Si/c1-13(2,3)20(4,5)19-8-9-6-10(12(16)17)11(14)7-15(9)18/h6-7H,8H2,1-5H3,(H,16,17). The molecule has 20 heavy (non-hydrogen) atoms. The molecule has 0 atom stereocenters. The predicted molar refractivity (Wildman–Crippen MR) is 79.4 cm³/mol. The van der Waals surface area contributed by atoms with Gasteiger partial charge in [-0.1, -0.05) is 32.4 Å². The van der Waals surface area contributed by atoms with Crippen LogP contribution in [-0.4, -0.2) is 19.4 Å². The van der Waals surface area contributed by atoms with Gasteiger partial charge in [-0.25, -0.2) is 4.79 Å². The van der Waals surface area contributed by atoms with E-state index in [1.807, 2.05) is 0 Å². The van der Waals surface area contributed by atoms with Crippen molar-refractivity contribution in [2.75, 3.05) is 0 Å². The molecule has 112 valence electrons. The minimum Gasteiger partial charge on any atom is -0.618 e. The lowest BCUT2D eigenvalue weighted by Gasteiger charge is -2.35. The zero-order valence-corrected chi connectivity index (χ0v) is 14.1.